The molecule has 1 saturated heterocycles. The highest BCUT2D eigenvalue weighted by Crippen LogP contribution is 2.12. The van der Waals surface area contributed by atoms with Gasteiger partial charge in [0.15, 0.2) is 0 Å². The first-order chi connectivity index (χ1) is 8.58. The molecule has 1 aromatic rings. The number of benzene rings is 1. The van der Waals surface area contributed by atoms with E-state index >= 15 is 0 Å². The molecular weight excluding hydrogens is 363 g/mol. The lowest BCUT2D eigenvalue weighted by Gasteiger charge is -2.11. The van der Waals surface area contributed by atoms with E-state index in [1.165, 1.54) is 6.42 Å². The summed E-state index contributed by atoms with van der Waals surface area (Å²) < 4.78 is 27.6. The molecule has 1 fully saturated rings. The SMILES string of the molecule is O=S(=O)(NCC[C@@H]1CCCN1)c1ccc(I)cc1. The van der Waals surface area contributed by atoms with Gasteiger partial charge in [-0.2, -0.15) is 0 Å². The van der Waals surface area contributed by atoms with Crippen molar-refractivity contribution >= 4 is 32.6 Å². The first-order valence-electron chi connectivity index (χ1n) is 6.06. The zero-order valence-electron chi connectivity index (χ0n) is 10.0. The lowest BCUT2D eigenvalue weighted by Crippen LogP contribution is -2.30. The van der Waals surface area contributed by atoms with Crippen molar-refractivity contribution in [2.45, 2.75) is 30.2 Å². The standard InChI is InChI=1S/C12H17IN2O2S/c13-10-3-5-12(6-4-10)18(16,17)15-9-7-11-2-1-8-14-11/h3-6,11,14-15H,1-2,7-9H2/t11-/m0/s1. The third-order valence-corrected chi connectivity index (χ3v) is 5.27. The molecule has 0 amide bonds. The Labute approximate surface area is 122 Å². The predicted molar refractivity (Wildman–Crippen MR) is 80.0 cm³/mol. The molecule has 0 radical (unpaired) electrons. The van der Waals surface area contributed by atoms with Crippen LogP contribution in [0.25, 0.3) is 0 Å². The van der Waals surface area contributed by atoms with E-state index in [4.69, 9.17) is 0 Å². The number of hydrogen-bond acceptors (Lipinski definition) is 3. The van der Waals surface area contributed by atoms with E-state index in [-0.39, 0.29) is 0 Å². The van der Waals surface area contributed by atoms with Crippen LogP contribution in [0.5, 0.6) is 0 Å². The summed E-state index contributed by atoms with van der Waals surface area (Å²) in [4.78, 5) is 0.335. The fraction of sp³-hybridized carbons (Fsp3) is 0.500. The van der Waals surface area contributed by atoms with E-state index in [1.807, 2.05) is 0 Å². The van der Waals surface area contributed by atoms with Gasteiger partial charge in [-0.3, -0.25) is 0 Å². The van der Waals surface area contributed by atoms with Gasteiger partial charge in [0.25, 0.3) is 0 Å². The highest BCUT2D eigenvalue weighted by molar-refractivity contribution is 14.1. The monoisotopic (exact) mass is 380 g/mol. The number of halogens is 1. The second kappa shape index (κ2) is 6.31. The Balaban J connectivity index is 1.88. The fourth-order valence-electron chi connectivity index (χ4n) is 2.07. The van der Waals surface area contributed by atoms with Crippen molar-refractivity contribution in [2.75, 3.05) is 13.1 Å². The van der Waals surface area contributed by atoms with E-state index < -0.39 is 10.0 Å². The van der Waals surface area contributed by atoms with Crippen molar-refractivity contribution in [3.8, 4) is 0 Å². The second-order valence-corrected chi connectivity index (χ2v) is 7.45. The number of sulfonamides is 1. The molecule has 4 nitrogen and oxygen atoms in total. The van der Waals surface area contributed by atoms with Gasteiger partial charge < -0.3 is 5.32 Å². The number of rotatable bonds is 5. The van der Waals surface area contributed by atoms with Gasteiger partial charge in [0.1, 0.15) is 0 Å². The van der Waals surface area contributed by atoms with Gasteiger partial charge in [-0.05, 0) is 72.7 Å². The summed E-state index contributed by atoms with van der Waals surface area (Å²) in [6.45, 7) is 1.54. The third-order valence-electron chi connectivity index (χ3n) is 3.07. The van der Waals surface area contributed by atoms with Gasteiger partial charge in [-0.1, -0.05) is 0 Å². The fourth-order valence-corrected chi connectivity index (χ4v) is 3.47. The van der Waals surface area contributed by atoms with Crippen LogP contribution in [0.3, 0.4) is 0 Å². The van der Waals surface area contributed by atoms with Gasteiger partial charge in [0, 0.05) is 16.2 Å². The normalized spacial score (nSPS) is 20.2. The number of nitrogens with one attached hydrogen (secondary N) is 2. The molecular formula is C12H17IN2O2S. The van der Waals surface area contributed by atoms with Gasteiger partial charge in [-0.15, -0.1) is 0 Å². The van der Waals surface area contributed by atoms with E-state index in [1.54, 1.807) is 24.3 Å². The van der Waals surface area contributed by atoms with Gasteiger partial charge in [0.05, 0.1) is 4.90 Å². The number of hydrogen-bond donors (Lipinski definition) is 2. The van der Waals surface area contributed by atoms with Crippen LogP contribution >= 0.6 is 22.6 Å². The Morgan fingerprint density at radius 3 is 2.67 bits per heavy atom. The minimum Gasteiger partial charge on any atom is -0.314 e. The Kier molecular flexibility index (Phi) is 4.99. The van der Waals surface area contributed by atoms with Gasteiger partial charge in [-0.25, -0.2) is 13.1 Å². The highest BCUT2D eigenvalue weighted by atomic mass is 127. The molecule has 2 N–H and O–H groups in total. The largest absolute Gasteiger partial charge is 0.314 e. The molecule has 1 aliphatic heterocycles. The molecule has 0 aliphatic carbocycles. The van der Waals surface area contributed by atoms with Crippen LogP contribution in [0.1, 0.15) is 19.3 Å². The van der Waals surface area contributed by atoms with E-state index in [9.17, 15) is 8.42 Å². The van der Waals surface area contributed by atoms with Crippen LogP contribution in [-0.2, 0) is 10.0 Å². The third kappa shape index (κ3) is 3.91. The molecule has 1 heterocycles. The van der Waals surface area contributed by atoms with E-state index in [2.05, 4.69) is 32.6 Å². The van der Waals surface area contributed by atoms with Crippen LogP contribution in [0.4, 0.5) is 0 Å². The summed E-state index contributed by atoms with van der Waals surface area (Å²) in [5.41, 5.74) is 0. The Morgan fingerprint density at radius 1 is 1.33 bits per heavy atom. The summed E-state index contributed by atoms with van der Waals surface area (Å²) in [5, 5.41) is 3.35. The first-order valence-corrected chi connectivity index (χ1v) is 8.63. The Bertz CT molecular complexity index is 481. The molecule has 100 valence electrons. The van der Waals surface area contributed by atoms with E-state index in [0.29, 0.717) is 17.5 Å². The minimum absolute atomic E-state index is 0.335. The summed E-state index contributed by atoms with van der Waals surface area (Å²) in [6.07, 6.45) is 3.18. The smallest absolute Gasteiger partial charge is 0.240 e. The summed E-state index contributed by atoms with van der Waals surface area (Å²) in [7, 11) is -3.35. The quantitative estimate of drug-likeness (QED) is 0.765. The molecule has 0 aromatic heterocycles. The molecule has 1 aromatic carbocycles. The van der Waals surface area contributed by atoms with Crippen molar-refractivity contribution in [3.05, 3.63) is 27.8 Å². The zero-order valence-corrected chi connectivity index (χ0v) is 13.0. The van der Waals surface area contributed by atoms with Crippen LogP contribution in [0, 0.1) is 3.57 Å². The molecule has 2 rings (SSSR count). The summed E-state index contributed by atoms with van der Waals surface area (Å²) >= 11 is 2.16. The molecule has 1 atom stereocenters. The van der Waals surface area contributed by atoms with Crippen molar-refractivity contribution in [1.29, 1.82) is 0 Å². The van der Waals surface area contributed by atoms with Crippen molar-refractivity contribution in [3.63, 3.8) is 0 Å². The van der Waals surface area contributed by atoms with Gasteiger partial charge in [0.2, 0.25) is 10.0 Å². The van der Waals surface area contributed by atoms with Gasteiger partial charge >= 0.3 is 0 Å². The van der Waals surface area contributed by atoms with E-state index in [0.717, 1.165) is 23.0 Å². The van der Waals surface area contributed by atoms with Crippen LogP contribution < -0.4 is 10.0 Å². The molecule has 0 unspecified atom stereocenters. The molecule has 0 bridgehead atoms. The van der Waals surface area contributed by atoms with Crippen LogP contribution in [0.2, 0.25) is 0 Å². The molecule has 18 heavy (non-hydrogen) atoms. The average Bonchev–Trinajstić information content (AvgIpc) is 2.82. The summed E-state index contributed by atoms with van der Waals surface area (Å²) in [5.74, 6) is 0. The Morgan fingerprint density at radius 2 is 2.06 bits per heavy atom. The average molecular weight is 380 g/mol. The lowest BCUT2D eigenvalue weighted by molar-refractivity contribution is 0.539. The summed E-state index contributed by atoms with van der Waals surface area (Å²) in [6, 6.07) is 7.33. The lowest BCUT2D eigenvalue weighted by atomic mass is 10.2. The van der Waals surface area contributed by atoms with Crippen molar-refractivity contribution < 1.29 is 8.42 Å². The topological polar surface area (TPSA) is 58.2 Å². The first kappa shape index (κ1) is 14.2. The molecule has 6 heteroatoms. The molecule has 0 saturated carbocycles. The van der Waals surface area contributed by atoms with Crippen molar-refractivity contribution in [2.24, 2.45) is 0 Å². The highest BCUT2D eigenvalue weighted by Gasteiger charge is 2.16. The Hall–Kier alpha value is -0.180. The van der Waals surface area contributed by atoms with Crippen LogP contribution in [0.15, 0.2) is 29.2 Å². The maximum atomic E-state index is 12.0. The zero-order chi connectivity index (χ0) is 13.0. The second-order valence-electron chi connectivity index (χ2n) is 4.43. The minimum atomic E-state index is -3.35. The van der Waals surface area contributed by atoms with Crippen molar-refractivity contribution in [1.82, 2.24) is 10.0 Å². The molecule has 1 aliphatic rings. The maximum Gasteiger partial charge on any atom is 0.240 e. The maximum absolute atomic E-state index is 12.0. The predicted octanol–water partition coefficient (Wildman–Crippen LogP) is 1.71. The van der Waals surface area contributed by atoms with Crippen LogP contribution in [-0.4, -0.2) is 27.5 Å². The molecule has 0 spiro atoms.